The summed E-state index contributed by atoms with van der Waals surface area (Å²) in [6.45, 7) is 0. The lowest BCUT2D eigenvalue weighted by Gasteiger charge is -2.31. The van der Waals surface area contributed by atoms with Crippen LogP contribution in [0.25, 0.3) is 0 Å². The molecular weight excluding hydrogens is 410 g/mol. The first kappa shape index (κ1) is 21.4. The van der Waals surface area contributed by atoms with Crippen LogP contribution in [-0.4, -0.2) is 33.8 Å². The topological polar surface area (TPSA) is 121 Å². The summed E-state index contributed by atoms with van der Waals surface area (Å²) < 4.78 is 7.05. The molecule has 2 atom stereocenters. The highest BCUT2D eigenvalue weighted by atomic mass is 16.5. The van der Waals surface area contributed by atoms with Crippen LogP contribution in [0.4, 0.5) is 11.9 Å². The van der Waals surface area contributed by atoms with Gasteiger partial charge >= 0.3 is 0 Å². The quantitative estimate of drug-likeness (QED) is 0.558. The van der Waals surface area contributed by atoms with Crippen LogP contribution in [0.1, 0.15) is 48.9 Å². The number of nitrogens with zero attached hydrogens (tertiary/aromatic N) is 3. The van der Waals surface area contributed by atoms with Gasteiger partial charge in [-0.15, -0.1) is 5.10 Å². The molecule has 2 heterocycles. The molecule has 9 heteroatoms. The molecular formula is C23H24N5O4-. The lowest BCUT2D eigenvalue weighted by molar-refractivity contribution is -0.305. The van der Waals surface area contributed by atoms with E-state index in [1.165, 1.54) is 0 Å². The summed E-state index contributed by atoms with van der Waals surface area (Å²) in [4.78, 5) is 27.2. The highest BCUT2D eigenvalue weighted by Gasteiger charge is 2.31. The Morgan fingerprint density at radius 3 is 2.56 bits per heavy atom. The monoisotopic (exact) mass is 434 g/mol. The number of carbonyl (C=O) groups is 2. The standard InChI is InChI=1S/C23H25N5O4/c1-32-17-12-10-16(11-13-17)19-14-18(15-6-3-2-4-7-15)24-23-26-22(27-28(19)23)25-20(29)8-5-9-21(30)31/h2-4,6-7,10-13,18-19H,5,8-9,14H2,1H3,(H,30,31)(H2,24,25,26,27,29)/p-1/t18-,19+/m1/s1. The van der Waals surface area contributed by atoms with Gasteiger partial charge in [-0.3, -0.25) is 10.1 Å². The summed E-state index contributed by atoms with van der Waals surface area (Å²) >= 11 is 0. The molecule has 2 N–H and O–H groups in total. The summed E-state index contributed by atoms with van der Waals surface area (Å²) in [5.41, 5.74) is 2.18. The number of fused-ring (bicyclic) bond motifs is 1. The van der Waals surface area contributed by atoms with E-state index in [9.17, 15) is 14.7 Å². The Balaban J connectivity index is 1.59. The number of carbonyl (C=O) groups excluding carboxylic acids is 2. The third-order valence-electron chi connectivity index (χ3n) is 5.43. The number of hydrogen-bond donors (Lipinski definition) is 2. The van der Waals surface area contributed by atoms with Crippen LogP contribution in [-0.2, 0) is 9.59 Å². The molecule has 0 saturated heterocycles. The fourth-order valence-electron chi connectivity index (χ4n) is 3.82. The number of carboxylic acid groups (broad SMARTS) is 1. The maximum atomic E-state index is 12.2. The second-order valence-electron chi connectivity index (χ2n) is 7.61. The van der Waals surface area contributed by atoms with E-state index < -0.39 is 5.97 Å². The van der Waals surface area contributed by atoms with Gasteiger partial charge in [-0.2, -0.15) is 4.98 Å². The van der Waals surface area contributed by atoms with Crippen molar-refractivity contribution < 1.29 is 19.4 Å². The van der Waals surface area contributed by atoms with Gasteiger partial charge in [-0.25, -0.2) is 4.68 Å². The number of rotatable bonds is 8. The number of anilines is 2. The van der Waals surface area contributed by atoms with Gasteiger partial charge in [0.1, 0.15) is 5.75 Å². The van der Waals surface area contributed by atoms with Gasteiger partial charge in [-0.1, -0.05) is 42.5 Å². The normalized spacial score (nSPS) is 17.2. The maximum absolute atomic E-state index is 12.2. The van der Waals surface area contributed by atoms with E-state index in [0.29, 0.717) is 5.95 Å². The van der Waals surface area contributed by atoms with Crippen LogP contribution < -0.4 is 20.5 Å². The van der Waals surface area contributed by atoms with Crippen LogP contribution in [0.5, 0.6) is 5.75 Å². The van der Waals surface area contributed by atoms with Gasteiger partial charge < -0.3 is 20.0 Å². The van der Waals surface area contributed by atoms with Crippen LogP contribution in [0, 0.1) is 0 Å². The lowest BCUT2D eigenvalue weighted by atomic mass is 9.93. The molecule has 1 aromatic heterocycles. The Morgan fingerprint density at radius 2 is 1.88 bits per heavy atom. The van der Waals surface area contributed by atoms with Crippen LogP contribution in [0.2, 0.25) is 0 Å². The zero-order valence-corrected chi connectivity index (χ0v) is 17.7. The van der Waals surface area contributed by atoms with Crippen molar-refractivity contribution in [3.05, 3.63) is 65.7 Å². The Kier molecular flexibility index (Phi) is 6.34. The van der Waals surface area contributed by atoms with E-state index in [4.69, 9.17) is 4.74 Å². The SMILES string of the molecule is COc1ccc([C@@H]2C[C@H](c3ccccc3)Nc3nc(NC(=O)CCCC(=O)[O-])nn32)cc1. The van der Waals surface area contributed by atoms with Crippen molar-refractivity contribution in [3.8, 4) is 5.75 Å². The number of nitrogens with one attached hydrogen (secondary N) is 2. The molecule has 1 amide bonds. The Morgan fingerprint density at radius 1 is 1.12 bits per heavy atom. The van der Waals surface area contributed by atoms with E-state index in [1.54, 1.807) is 11.8 Å². The predicted octanol–water partition coefficient (Wildman–Crippen LogP) is 2.29. The number of methoxy groups -OCH3 is 1. The molecule has 0 bridgehead atoms. The molecule has 1 aliphatic heterocycles. The largest absolute Gasteiger partial charge is 0.550 e. The van der Waals surface area contributed by atoms with Gasteiger partial charge in [0.25, 0.3) is 5.95 Å². The number of ether oxygens (including phenoxy) is 1. The molecule has 2 aromatic carbocycles. The van der Waals surface area contributed by atoms with E-state index in [2.05, 4.69) is 32.8 Å². The van der Waals surface area contributed by atoms with Gasteiger partial charge in [0, 0.05) is 12.4 Å². The number of amides is 1. The summed E-state index contributed by atoms with van der Waals surface area (Å²) in [6, 6.07) is 17.8. The van der Waals surface area contributed by atoms with Crippen molar-refractivity contribution in [1.82, 2.24) is 14.8 Å². The summed E-state index contributed by atoms with van der Waals surface area (Å²) in [6.07, 6.45) is 0.830. The molecule has 0 spiro atoms. The smallest absolute Gasteiger partial charge is 0.250 e. The molecule has 166 valence electrons. The van der Waals surface area contributed by atoms with E-state index in [-0.39, 0.29) is 43.2 Å². The molecule has 0 fully saturated rings. The number of benzene rings is 2. The third kappa shape index (κ3) is 4.88. The molecule has 0 saturated carbocycles. The first-order valence-corrected chi connectivity index (χ1v) is 10.4. The summed E-state index contributed by atoms with van der Waals surface area (Å²) in [5.74, 6) is -0.0126. The van der Waals surface area contributed by atoms with E-state index in [1.807, 2.05) is 42.5 Å². The summed E-state index contributed by atoms with van der Waals surface area (Å²) in [5, 5.41) is 21.1. The Labute approximate surface area is 185 Å². The average Bonchev–Trinajstić information content (AvgIpc) is 3.21. The van der Waals surface area contributed by atoms with Crippen molar-refractivity contribution in [2.45, 2.75) is 37.8 Å². The molecule has 3 aromatic rings. The Bertz CT molecular complexity index is 1080. The second-order valence-corrected chi connectivity index (χ2v) is 7.61. The van der Waals surface area contributed by atoms with E-state index in [0.717, 1.165) is 23.3 Å². The Hall–Kier alpha value is -3.88. The lowest BCUT2D eigenvalue weighted by Crippen LogP contribution is -2.28. The van der Waals surface area contributed by atoms with Gasteiger partial charge in [0.05, 0.1) is 19.2 Å². The van der Waals surface area contributed by atoms with Crippen LogP contribution in [0.3, 0.4) is 0 Å². The highest BCUT2D eigenvalue weighted by molar-refractivity contribution is 5.89. The van der Waals surface area contributed by atoms with Crippen molar-refractivity contribution in [2.24, 2.45) is 0 Å². The number of carboxylic acids is 1. The molecule has 0 aliphatic carbocycles. The minimum absolute atomic E-state index is 0.0200. The van der Waals surface area contributed by atoms with Crippen molar-refractivity contribution in [1.29, 1.82) is 0 Å². The number of aliphatic carboxylic acids is 1. The number of hydrogen-bond acceptors (Lipinski definition) is 7. The van der Waals surface area contributed by atoms with E-state index >= 15 is 0 Å². The number of aromatic nitrogens is 3. The molecule has 4 rings (SSSR count). The molecule has 0 unspecified atom stereocenters. The molecule has 1 aliphatic rings. The molecule has 32 heavy (non-hydrogen) atoms. The maximum Gasteiger partial charge on any atom is 0.250 e. The minimum Gasteiger partial charge on any atom is -0.550 e. The van der Waals surface area contributed by atoms with Gasteiger partial charge in [-0.05, 0) is 42.5 Å². The zero-order valence-electron chi connectivity index (χ0n) is 17.7. The fourth-order valence-corrected chi connectivity index (χ4v) is 3.82. The van der Waals surface area contributed by atoms with Crippen molar-refractivity contribution >= 4 is 23.8 Å². The summed E-state index contributed by atoms with van der Waals surface area (Å²) in [7, 11) is 1.63. The molecule has 9 nitrogen and oxygen atoms in total. The first-order valence-electron chi connectivity index (χ1n) is 10.4. The highest BCUT2D eigenvalue weighted by Crippen LogP contribution is 2.38. The van der Waals surface area contributed by atoms with Crippen molar-refractivity contribution in [3.63, 3.8) is 0 Å². The van der Waals surface area contributed by atoms with Gasteiger partial charge in [0.2, 0.25) is 11.9 Å². The third-order valence-corrected chi connectivity index (χ3v) is 5.43. The molecule has 0 radical (unpaired) electrons. The zero-order chi connectivity index (χ0) is 22.5. The average molecular weight is 434 g/mol. The second kappa shape index (κ2) is 9.51. The predicted molar refractivity (Wildman–Crippen MR) is 116 cm³/mol. The van der Waals surface area contributed by atoms with Crippen LogP contribution in [0.15, 0.2) is 54.6 Å². The first-order chi connectivity index (χ1) is 15.5. The van der Waals surface area contributed by atoms with Crippen LogP contribution >= 0.6 is 0 Å². The minimum atomic E-state index is -1.17. The van der Waals surface area contributed by atoms with Gasteiger partial charge in [0.15, 0.2) is 0 Å². The van der Waals surface area contributed by atoms with Crippen molar-refractivity contribution in [2.75, 3.05) is 17.7 Å². The fraction of sp³-hybridized carbons (Fsp3) is 0.304.